The molecule has 90 valence electrons. The molecule has 0 bridgehead atoms. The molecule has 0 unspecified atom stereocenters. The van der Waals surface area contributed by atoms with Crippen molar-refractivity contribution in [3.63, 3.8) is 0 Å². The van der Waals surface area contributed by atoms with Crippen LogP contribution in [0.15, 0.2) is 18.3 Å². The highest BCUT2D eigenvalue weighted by Crippen LogP contribution is 2.25. The zero-order chi connectivity index (χ0) is 11.8. The van der Waals surface area contributed by atoms with E-state index in [-0.39, 0.29) is 0 Å². The van der Waals surface area contributed by atoms with Crippen LogP contribution in [0.25, 0.3) is 5.65 Å². The lowest BCUT2D eigenvalue weighted by Crippen LogP contribution is -2.29. The Balaban J connectivity index is 1.90. The minimum absolute atomic E-state index is 0.534. The van der Waals surface area contributed by atoms with Gasteiger partial charge >= 0.3 is 0 Å². The Morgan fingerprint density at radius 3 is 2.76 bits per heavy atom. The molecular formula is C13H18N4. The van der Waals surface area contributed by atoms with E-state index >= 15 is 0 Å². The first kappa shape index (κ1) is 10.7. The van der Waals surface area contributed by atoms with Crippen LogP contribution in [-0.2, 0) is 0 Å². The first-order valence-corrected chi connectivity index (χ1v) is 6.24. The number of pyridine rings is 1. The molecule has 4 nitrogen and oxygen atoms in total. The average molecular weight is 230 g/mol. The maximum absolute atomic E-state index is 4.64. The van der Waals surface area contributed by atoms with Gasteiger partial charge in [-0.1, -0.05) is 6.07 Å². The molecule has 3 rings (SSSR count). The number of fused-ring (bicyclic) bond motifs is 1. The quantitative estimate of drug-likeness (QED) is 0.749. The predicted molar refractivity (Wildman–Crippen MR) is 67.2 cm³/mol. The van der Waals surface area contributed by atoms with Gasteiger partial charge in [-0.15, -0.1) is 0 Å². The molecule has 3 heterocycles. The number of aryl methyl sites for hydroxylation is 1. The Kier molecular flexibility index (Phi) is 2.59. The predicted octanol–water partition coefficient (Wildman–Crippen LogP) is 1.85. The summed E-state index contributed by atoms with van der Waals surface area (Å²) in [5.41, 5.74) is 2.18. The van der Waals surface area contributed by atoms with Gasteiger partial charge in [0.05, 0.1) is 0 Å². The van der Waals surface area contributed by atoms with Gasteiger partial charge in [0.25, 0.3) is 0 Å². The van der Waals surface area contributed by atoms with Crippen molar-refractivity contribution in [2.75, 3.05) is 20.1 Å². The summed E-state index contributed by atoms with van der Waals surface area (Å²) in [7, 11) is 2.18. The van der Waals surface area contributed by atoms with Crippen LogP contribution in [0.4, 0.5) is 0 Å². The second-order valence-corrected chi connectivity index (χ2v) is 5.06. The minimum Gasteiger partial charge on any atom is -0.306 e. The second kappa shape index (κ2) is 4.11. The van der Waals surface area contributed by atoms with Crippen molar-refractivity contribution in [1.82, 2.24) is 19.5 Å². The molecule has 0 spiro atoms. The lowest BCUT2D eigenvalue weighted by Gasteiger charge is -2.26. The Morgan fingerprint density at radius 2 is 2.00 bits per heavy atom. The molecule has 4 heteroatoms. The first-order valence-electron chi connectivity index (χ1n) is 6.24. The fourth-order valence-corrected chi connectivity index (χ4v) is 2.44. The summed E-state index contributed by atoms with van der Waals surface area (Å²) >= 11 is 0. The highest BCUT2D eigenvalue weighted by atomic mass is 15.3. The van der Waals surface area contributed by atoms with Crippen molar-refractivity contribution in [3.8, 4) is 0 Å². The molecule has 0 atom stereocenters. The van der Waals surface area contributed by atoms with Crippen LogP contribution in [0.2, 0.25) is 0 Å². The van der Waals surface area contributed by atoms with E-state index in [1.165, 1.54) is 18.4 Å². The van der Waals surface area contributed by atoms with Crippen LogP contribution in [-0.4, -0.2) is 39.6 Å². The Bertz CT molecular complexity index is 523. The van der Waals surface area contributed by atoms with Crippen molar-refractivity contribution in [1.29, 1.82) is 0 Å². The monoisotopic (exact) mass is 230 g/mol. The van der Waals surface area contributed by atoms with Gasteiger partial charge in [0.1, 0.15) is 0 Å². The third-order valence-corrected chi connectivity index (χ3v) is 3.58. The normalized spacial score (nSPS) is 18.9. The zero-order valence-electron chi connectivity index (χ0n) is 10.4. The minimum atomic E-state index is 0.534. The van der Waals surface area contributed by atoms with Crippen molar-refractivity contribution < 1.29 is 0 Å². The van der Waals surface area contributed by atoms with E-state index in [2.05, 4.69) is 35.0 Å². The summed E-state index contributed by atoms with van der Waals surface area (Å²) in [6.07, 6.45) is 4.39. The number of aromatic nitrogens is 3. The van der Waals surface area contributed by atoms with Crippen LogP contribution >= 0.6 is 0 Å². The van der Waals surface area contributed by atoms with Gasteiger partial charge in [0, 0.05) is 12.1 Å². The van der Waals surface area contributed by atoms with Gasteiger partial charge in [-0.25, -0.2) is 9.50 Å². The standard InChI is InChI=1S/C13H18N4/c1-10-3-4-12-14-13(15-17(12)9-10)11-5-7-16(2)8-6-11/h3-4,9,11H,5-8H2,1-2H3. The number of piperidine rings is 1. The van der Waals surface area contributed by atoms with Crippen molar-refractivity contribution in [2.45, 2.75) is 25.7 Å². The molecule has 0 N–H and O–H groups in total. The number of nitrogens with zero attached hydrogens (tertiary/aromatic N) is 4. The van der Waals surface area contributed by atoms with E-state index in [0.29, 0.717) is 5.92 Å². The first-order chi connectivity index (χ1) is 8.22. The maximum atomic E-state index is 4.64. The largest absolute Gasteiger partial charge is 0.306 e. The van der Waals surface area contributed by atoms with Gasteiger partial charge in [-0.05, 0) is 51.5 Å². The van der Waals surface area contributed by atoms with E-state index in [0.717, 1.165) is 24.6 Å². The topological polar surface area (TPSA) is 33.4 Å². The molecule has 17 heavy (non-hydrogen) atoms. The highest BCUT2D eigenvalue weighted by Gasteiger charge is 2.21. The summed E-state index contributed by atoms with van der Waals surface area (Å²) < 4.78 is 1.91. The average Bonchev–Trinajstić information content (AvgIpc) is 2.72. The third kappa shape index (κ3) is 2.05. The second-order valence-electron chi connectivity index (χ2n) is 5.06. The van der Waals surface area contributed by atoms with Gasteiger partial charge < -0.3 is 4.90 Å². The lowest BCUT2D eigenvalue weighted by molar-refractivity contribution is 0.251. The number of rotatable bonds is 1. The van der Waals surface area contributed by atoms with Crippen LogP contribution in [0.3, 0.4) is 0 Å². The maximum Gasteiger partial charge on any atom is 0.155 e. The van der Waals surface area contributed by atoms with Crippen LogP contribution in [0.5, 0.6) is 0 Å². The number of hydrogen-bond acceptors (Lipinski definition) is 3. The van der Waals surface area contributed by atoms with E-state index in [1.807, 2.05) is 16.8 Å². The molecule has 0 amide bonds. The SMILES string of the molecule is Cc1ccc2nc(C3CCN(C)CC3)nn2c1. The molecule has 1 aliphatic rings. The highest BCUT2D eigenvalue weighted by molar-refractivity contribution is 5.38. The molecule has 2 aromatic rings. The van der Waals surface area contributed by atoms with Crippen molar-refractivity contribution in [3.05, 3.63) is 29.7 Å². The molecule has 1 fully saturated rings. The Hall–Kier alpha value is -1.42. The molecule has 0 saturated carbocycles. The Labute approximate surface area is 101 Å². The molecule has 2 aromatic heterocycles. The van der Waals surface area contributed by atoms with Crippen molar-refractivity contribution in [2.24, 2.45) is 0 Å². The van der Waals surface area contributed by atoms with E-state index in [1.54, 1.807) is 0 Å². The van der Waals surface area contributed by atoms with E-state index in [9.17, 15) is 0 Å². The Morgan fingerprint density at radius 1 is 1.24 bits per heavy atom. The lowest BCUT2D eigenvalue weighted by atomic mass is 9.97. The third-order valence-electron chi connectivity index (χ3n) is 3.58. The van der Waals surface area contributed by atoms with E-state index in [4.69, 9.17) is 0 Å². The van der Waals surface area contributed by atoms with Crippen LogP contribution in [0, 0.1) is 6.92 Å². The van der Waals surface area contributed by atoms with E-state index < -0.39 is 0 Å². The van der Waals surface area contributed by atoms with Crippen LogP contribution in [0.1, 0.15) is 30.1 Å². The fourth-order valence-electron chi connectivity index (χ4n) is 2.44. The number of hydrogen-bond donors (Lipinski definition) is 0. The van der Waals surface area contributed by atoms with Gasteiger partial charge in [0.15, 0.2) is 11.5 Å². The zero-order valence-corrected chi connectivity index (χ0v) is 10.4. The molecule has 1 aliphatic heterocycles. The van der Waals surface area contributed by atoms with Crippen LogP contribution < -0.4 is 0 Å². The molecule has 0 radical (unpaired) electrons. The molecular weight excluding hydrogens is 212 g/mol. The smallest absolute Gasteiger partial charge is 0.155 e. The molecule has 0 aliphatic carbocycles. The molecule has 0 aromatic carbocycles. The summed E-state index contributed by atoms with van der Waals surface area (Å²) in [4.78, 5) is 7.01. The summed E-state index contributed by atoms with van der Waals surface area (Å²) in [5, 5.41) is 4.61. The fraction of sp³-hybridized carbons (Fsp3) is 0.538. The van der Waals surface area contributed by atoms with Gasteiger partial charge in [0.2, 0.25) is 0 Å². The van der Waals surface area contributed by atoms with Crippen molar-refractivity contribution >= 4 is 5.65 Å². The van der Waals surface area contributed by atoms with Gasteiger partial charge in [-0.3, -0.25) is 0 Å². The van der Waals surface area contributed by atoms with Gasteiger partial charge in [-0.2, -0.15) is 5.10 Å². The number of likely N-dealkylation sites (tertiary alicyclic amines) is 1. The summed E-state index contributed by atoms with van der Waals surface area (Å²) in [6, 6.07) is 4.13. The summed E-state index contributed by atoms with van der Waals surface area (Å²) in [6.45, 7) is 4.38. The molecule has 1 saturated heterocycles. The summed E-state index contributed by atoms with van der Waals surface area (Å²) in [5.74, 6) is 1.55.